The van der Waals surface area contributed by atoms with E-state index in [1.54, 1.807) is 0 Å². The Morgan fingerprint density at radius 1 is 1.16 bits per heavy atom. The average Bonchev–Trinajstić information content (AvgIpc) is 2.98. The monoisotopic (exact) mass is 273 g/mol. The van der Waals surface area contributed by atoms with Crippen LogP contribution in [0.4, 0.5) is 4.79 Å². The molecule has 9 heteroatoms. The van der Waals surface area contributed by atoms with E-state index in [9.17, 15) is 19.2 Å². The third kappa shape index (κ3) is 3.57. The van der Waals surface area contributed by atoms with E-state index in [1.165, 1.54) is 6.92 Å². The van der Waals surface area contributed by atoms with Crippen LogP contribution in [0, 0.1) is 0 Å². The summed E-state index contributed by atoms with van der Waals surface area (Å²) in [5, 5.41) is 0. The second-order valence-corrected chi connectivity index (χ2v) is 4.03. The minimum atomic E-state index is -0.980. The van der Waals surface area contributed by atoms with Crippen LogP contribution in [-0.4, -0.2) is 53.6 Å². The number of nitrogens with two attached hydrogens (primary N) is 2. The Bertz CT molecular complexity index is 403. The summed E-state index contributed by atoms with van der Waals surface area (Å²) in [4.78, 5) is 44.9. The number of rotatable bonds is 5. The lowest BCUT2D eigenvalue weighted by Crippen LogP contribution is -2.34. The third-order valence-electron chi connectivity index (χ3n) is 2.55. The smallest absolute Gasteiger partial charge is 0.316 e. The van der Waals surface area contributed by atoms with Crippen molar-refractivity contribution in [3.05, 3.63) is 0 Å². The van der Waals surface area contributed by atoms with Gasteiger partial charge in [0.2, 0.25) is 5.91 Å². The molecule has 1 saturated heterocycles. The van der Waals surface area contributed by atoms with Crippen LogP contribution in [0.5, 0.6) is 0 Å². The van der Waals surface area contributed by atoms with Crippen LogP contribution in [0.1, 0.15) is 13.8 Å². The molecule has 0 aliphatic carbocycles. The Morgan fingerprint density at radius 2 is 1.74 bits per heavy atom. The van der Waals surface area contributed by atoms with Gasteiger partial charge in [0, 0.05) is 13.8 Å². The molecular formula is C10H15N3O6. The molecule has 1 fully saturated rings. The maximum absolute atomic E-state index is 11.1. The fraction of sp³-hybridized carbons (Fsp3) is 0.600. The lowest BCUT2D eigenvalue weighted by molar-refractivity contribution is -0.156. The van der Waals surface area contributed by atoms with Gasteiger partial charge in [-0.3, -0.25) is 14.4 Å². The summed E-state index contributed by atoms with van der Waals surface area (Å²) in [6.45, 7) is 2.04. The van der Waals surface area contributed by atoms with E-state index in [0.717, 1.165) is 11.8 Å². The molecule has 0 spiro atoms. The van der Waals surface area contributed by atoms with Crippen LogP contribution in [0.25, 0.3) is 0 Å². The summed E-state index contributed by atoms with van der Waals surface area (Å²) >= 11 is 0. The molecule has 0 aromatic heterocycles. The first-order chi connectivity index (χ1) is 8.75. The van der Waals surface area contributed by atoms with Gasteiger partial charge in [-0.1, -0.05) is 0 Å². The standard InChI is InChI=1S/C10H15N3O6/c1-4(14)18-3-6(19-5(2)15)7-8(9(11)16)13(7)10(12)17/h6-8H,3H2,1-2H3,(H2,11,16)(H2,12,17)/t6-,7+,8+,13?/m1/s1. The fourth-order valence-electron chi connectivity index (χ4n) is 1.84. The molecule has 0 saturated carbocycles. The summed E-state index contributed by atoms with van der Waals surface area (Å²) in [6, 6.07) is -2.63. The summed E-state index contributed by atoms with van der Waals surface area (Å²) in [5.74, 6) is -2.00. The van der Waals surface area contributed by atoms with Gasteiger partial charge in [0.15, 0.2) is 6.10 Å². The van der Waals surface area contributed by atoms with Gasteiger partial charge in [-0.25, -0.2) is 4.79 Å². The van der Waals surface area contributed by atoms with Crippen LogP contribution < -0.4 is 11.5 Å². The minimum Gasteiger partial charge on any atom is -0.462 e. The first-order valence-corrected chi connectivity index (χ1v) is 5.43. The SMILES string of the molecule is CC(=O)OC[C@@H](OC(C)=O)[C@H]1[C@@H](C(N)=O)N1C(N)=O. The number of urea groups is 1. The van der Waals surface area contributed by atoms with Crippen LogP contribution in [-0.2, 0) is 23.9 Å². The first kappa shape index (κ1) is 14.7. The molecule has 106 valence electrons. The zero-order valence-corrected chi connectivity index (χ0v) is 10.5. The second kappa shape index (κ2) is 5.55. The summed E-state index contributed by atoms with van der Waals surface area (Å²) in [5.41, 5.74) is 10.2. The quantitative estimate of drug-likeness (QED) is 0.442. The van der Waals surface area contributed by atoms with Gasteiger partial charge in [-0.15, -0.1) is 0 Å². The zero-order chi connectivity index (χ0) is 14.7. The van der Waals surface area contributed by atoms with Gasteiger partial charge in [-0.05, 0) is 0 Å². The maximum atomic E-state index is 11.1. The highest BCUT2D eigenvalue weighted by atomic mass is 16.6. The molecule has 1 rings (SSSR count). The van der Waals surface area contributed by atoms with Crippen LogP contribution in [0.3, 0.4) is 0 Å². The topological polar surface area (TPSA) is 142 Å². The predicted molar refractivity (Wildman–Crippen MR) is 60.4 cm³/mol. The van der Waals surface area contributed by atoms with Crippen LogP contribution in [0.2, 0.25) is 0 Å². The molecule has 0 bridgehead atoms. The molecule has 3 amide bonds. The van der Waals surface area contributed by atoms with Crippen molar-refractivity contribution in [2.75, 3.05) is 6.61 Å². The van der Waals surface area contributed by atoms with Crippen molar-refractivity contribution in [2.45, 2.75) is 32.0 Å². The van der Waals surface area contributed by atoms with E-state index >= 15 is 0 Å². The number of carbonyl (C=O) groups excluding carboxylic acids is 4. The number of ether oxygens (including phenoxy) is 2. The molecule has 0 aromatic rings. The number of carbonyl (C=O) groups is 4. The first-order valence-electron chi connectivity index (χ1n) is 5.43. The van der Waals surface area contributed by atoms with Crippen molar-refractivity contribution in [1.29, 1.82) is 0 Å². The Balaban J connectivity index is 2.79. The number of hydrogen-bond donors (Lipinski definition) is 2. The molecule has 0 aromatic carbocycles. The molecule has 0 radical (unpaired) electrons. The maximum Gasteiger partial charge on any atom is 0.316 e. The van der Waals surface area contributed by atoms with Crippen molar-refractivity contribution < 1.29 is 28.7 Å². The molecule has 3 atom stereocenters. The number of amides is 3. The molecule has 1 aliphatic heterocycles. The summed E-state index contributed by atoms with van der Waals surface area (Å²) in [6.07, 6.45) is -0.980. The number of esters is 2. The molecule has 1 aliphatic rings. The molecule has 4 N–H and O–H groups in total. The average molecular weight is 273 g/mol. The van der Waals surface area contributed by atoms with Gasteiger partial charge in [0.05, 0.1) is 0 Å². The summed E-state index contributed by atoms with van der Waals surface area (Å²) < 4.78 is 9.63. The lowest BCUT2D eigenvalue weighted by Gasteiger charge is -2.15. The van der Waals surface area contributed by atoms with Gasteiger partial charge >= 0.3 is 18.0 Å². The number of hydrogen-bond acceptors (Lipinski definition) is 6. The second-order valence-electron chi connectivity index (χ2n) is 4.03. The lowest BCUT2D eigenvalue weighted by atomic mass is 10.2. The van der Waals surface area contributed by atoms with Gasteiger partial charge in [0.25, 0.3) is 0 Å². The Hall–Kier alpha value is -2.32. The number of primary amides is 2. The molecular weight excluding hydrogens is 258 g/mol. The Morgan fingerprint density at radius 3 is 2.05 bits per heavy atom. The van der Waals surface area contributed by atoms with E-state index < -0.39 is 42.1 Å². The Kier molecular flexibility index (Phi) is 4.30. The zero-order valence-electron chi connectivity index (χ0n) is 10.5. The van der Waals surface area contributed by atoms with Gasteiger partial charge in [0.1, 0.15) is 18.7 Å². The van der Waals surface area contributed by atoms with E-state index in [0.29, 0.717) is 0 Å². The molecule has 19 heavy (non-hydrogen) atoms. The van der Waals surface area contributed by atoms with Crippen LogP contribution >= 0.6 is 0 Å². The highest BCUT2D eigenvalue weighted by Gasteiger charge is 2.59. The van der Waals surface area contributed by atoms with E-state index in [4.69, 9.17) is 20.9 Å². The Labute approximate surface area is 108 Å². The minimum absolute atomic E-state index is 0.285. The van der Waals surface area contributed by atoms with E-state index in [1.807, 2.05) is 0 Å². The van der Waals surface area contributed by atoms with Crippen molar-refractivity contribution in [3.63, 3.8) is 0 Å². The van der Waals surface area contributed by atoms with Crippen molar-refractivity contribution in [2.24, 2.45) is 11.5 Å². The largest absolute Gasteiger partial charge is 0.462 e. The van der Waals surface area contributed by atoms with Gasteiger partial charge < -0.3 is 25.8 Å². The molecule has 9 nitrogen and oxygen atoms in total. The van der Waals surface area contributed by atoms with Crippen molar-refractivity contribution in [1.82, 2.24) is 4.90 Å². The molecule has 0 unspecified atom stereocenters. The normalized spacial score (nSPS) is 22.3. The fourth-order valence-corrected chi connectivity index (χ4v) is 1.84. The van der Waals surface area contributed by atoms with Crippen LogP contribution in [0.15, 0.2) is 0 Å². The molecule has 1 heterocycles. The highest BCUT2D eigenvalue weighted by Crippen LogP contribution is 2.32. The predicted octanol–water partition coefficient (Wildman–Crippen LogP) is -1.90. The highest BCUT2D eigenvalue weighted by molar-refractivity contribution is 5.92. The van der Waals surface area contributed by atoms with Gasteiger partial charge in [-0.2, -0.15) is 0 Å². The van der Waals surface area contributed by atoms with E-state index in [2.05, 4.69) is 0 Å². The summed E-state index contributed by atoms with van der Waals surface area (Å²) in [7, 11) is 0. The van der Waals surface area contributed by atoms with E-state index in [-0.39, 0.29) is 6.61 Å². The van der Waals surface area contributed by atoms with Crippen molar-refractivity contribution >= 4 is 23.9 Å². The third-order valence-corrected chi connectivity index (χ3v) is 2.55. The number of nitrogens with zero attached hydrogens (tertiary/aromatic N) is 1. The van der Waals surface area contributed by atoms with Crippen molar-refractivity contribution in [3.8, 4) is 0 Å².